The number of nitrogens with zero attached hydrogens (tertiary/aromatic N) is 2. The van der Waals surface area contributed by atoms with Crippen LogP contribution >= 0.6 is 34.7 Å². The third-order valence-corrected chi connectivity index (χ3v) is 7.77. The highest BCUT2D eigenvalue weighted by atomic mass is 35.5. The van der Waals surface area contributed by atoms with Crippen molar-refractivity contribution in [1.82, 2.24) is 15.0 Å². The highest BCUT2D eigenvalue weighted by Gasteiger charge is 2.16. The summed E-state index contributed by atoms with van der Waals surface area (Å²) in [4.78, 5) is 25.4. The molecule has 5 aromatic rings. The number of halogens is 1. The Balaban J connectivity index is 1.25. The first-order valence-corrected chi connectivity index (χ1v) is 14.3. The topological polar surface area (TPSA) is 89.1 Å². The lowest BCUT2D eigenvalue weighted by molar-refractivity contribution is -0.115. The predicted octanol–water partition coefficient (Wildman–Crippen LogP) is 7.66. The molecule has 0 aliphatic heterocycles. The number of imidazole rings is 1. The smallest absolute Gasteiger partial charge is 0.226 e. The van der Waals surface area contributed by atoms with E-state index in [2.05, 4.69) is 15.3 Å². The molecule has 2 aromatic heterocycles. The number of H-pyrrole nitrogens is 1. The van der Waals surface area contributed by atoms with Gasteiger partial charge in [-0.2, -0.15) is 0 Å². The molecular formula is C29H25ClN4O3S2. The first-order chi connectivity index (χ1) is 19.0. The normalized spacial score (nSPS) is 10.8. The average molecular weight is 577 g/mol. The number of hydrogen-bond acceptors (Lipinski definition) is 7. The van der Waals surface area contributed by atoms with Crippen LogP contribution in [0.1, 0.15) is 6.42 Å². The maximum Gasteiger partial charge on any atom is 0.226 e. The summed E-state index contributed by atoms with van der Waals surface area (Å²) in [6.07, 6.45) is 0.316. The van der Waals surface area contributed by atoms with Crippen molar-refractivity contribution in [3.8, 4) is 45.3 Å². The number of carbonyl (C=O) groups is 1. The molecule has 10 heteroatoms. The van der Waals surface area contributed by atoms with Crippen molar-refractivity contribution in [1.29, 1.82) is 0 Å². The van der Waals surface area contributed by atoms with Crippen molar-refractivity contribution < 1.29 is 14.3 Å². The van der Waals surface area contributed by atoms with Crippen LogP contribution < -0.4 is 14.8 Å². The molecule has 1 amide bonds. The molecule has 0 unspecified atom stereocenters. The van der Waals surface area contributed by atoms with E-state index in [0.717, 1.165) is 50.4 Å². The Labute approximate surface area is 239 Å². The van der Waals surface area contributed by atoms with Crippen LogP contribution in [0.2, 0.25) is 5.02 Å². The standard InChI is InChI=1S/C29H25ClN4O3S2/c1-36-22-11-5-19(6-12-22)26-27(20-7-13-23(37-2)14-8-20)34-29(33-26)38-16-15-25(35)32-28-31-24(17-39-28)18-3-9-21(30)10-4-18/h3-14,17H,15-16H2,1-2H3,(H,33,34)(H,31,32,35). The summed E-state index contributed by atoms with van der Waals surface area (Å²) >= 11 is 8.86. The Morgan fingerprint density at radius 3 is 2.15 bits per heavy atom. The van der Waals surface area contributed by atoms with Gasteiger partial charge in [0.05, 0.1) is 31.3 Å². The number of thioether (sulfide) groups is 1. The van der Waals surface area contributed by atoms with Crippen LogP contribution in [0.5, 0.6) is 11.5 Å². The van der Waals surface area contributed by atoms with Crippen molar-refractivity contribution in [2.45, 2.75) is 11.6 Å². The second-order valence-corrected chi connectivity index (χ2v) is 10.8. The van der Waals surface area contributed by atoms with Gasteiger partial charge >= 0.3 is 0 Å². The molecule has 0 radical (unpaired) electrons. The highest BCUT2D eigenvalue weighted by molar-refractivity contribution is 7.99. The molecule has 0 saturated heterocycles. The van der Waals surface area contributed by atoms with E-state index in [-0.39, 0.29) is 5.91 Å². The number of thiazole rings is 1. The van der Waals surface area contributed by atoms with Crippen molar-refractivity contribution in [3.05, 3.63) is 83.2 Å². The zero-order chi connectivity index (χ0) is 27.2. The molecule has 0 fully saturated rings. The van der Waals surface area contributed by atoms with Crippen LogP contribution in [0.4, 0.5) is 5.13 Å². The molecule has 7 nitrogen and oxygen atoms in total. The summed E-state index contributed by atoms with van der Waals surface area (Å²) in [6.45, 7) is 0. The third kappa shape index (κ3) is 6.62. The van der Waals surface area contributed by atoms with Gasteiger partial charge in [0.25, 0.3) is 0 Å². The maximum atomic E-state index is 12.6. The van der Waals surface area contributed by atoms with Crippen LogP contribution in [0.3, 0.4) is 0 Å². The van der Waals surface area contributed by atoms with Gasteiger partial charge in [-0.1, -0.05) is 35.5 Å². The average Bonchev–Trinajstić information content (AvgIpc) is 3.61. The Morgan fingerprint density at radius 2 is 1.51 bits per heavy atom. The first kappa shape index (κ1) is 26.8. The third-order valence-electron chi connectivity index (χ3n) is 5.88. The molecule has 0 aliphatic carbocycles. The number of aromatic nitrogens is 3. The second-order valence-electron chi connectivity index (χ2n) is 8.41. The van der Waals surface area contributed by atoms with Gasteiger partial charge in [-0.05, 0) is 60.7 Å². The minimum atomic E-state index is -0.100. The number of rotatable bonds is 10. The highest BCUT2D eigenvalue weighted by Crippen LogP contribution is 2.34. The second kappa shape index (κ2) is 12.4. The van der Waals surface area contributed by atoms with Crippen molar-refractivity contribution in [3.63, 3.8) is 0 Å². The molecule has 0 saturated carbocycles. The molecule has 39 heavy (non-hydrogen) atoms. The lowest BCUT2D eigenvalue weighted by atomic mass is 10.0. The Hall–Kier alpha value is -3.79. The van der Waals surface area contributed by atoms with Crippen LogP contribution in [0, 0.1) is 0 Å². The number of anilines is 1. The Bertz CT molecular complexity index is 1480. The van der Waals surface area contributed by atoms with E-state index in [0.29, 0.717) is 22.3 Å². The van der Waals surface area contributed by atoms with E-state index in [9.17, 15) is 4.79 Å². The van der Waals surface area contributed by atoms with Crippen LogP contribution in [0.25, 0.3) is 33.8 Å². The largest absolute Gasteiger partial charge is 0.497 e. The van der Waals surface area contributed by atoms with E-state index in [1.807, 2.05) is 78.2 Å². The predicted molar refractivity (Wildman–Crippen MR) is 159 cm³/mol. The number of aromatic amines is 1. The van der Waals surface area contributed by atoms with E-state index >= 15 is 0 Å². The summed E-state index contributed by atoms with van der Waals surface area (Å²) < 4.78 is 10.6. The van der Waals surface area contributed by atoms with E-state index in [1.54, 1.807) is 14.2 Å². The van der Waals surface area contributed by atoms with Crippen LogP contribution in [0.15, 0.2) is 83.3 Å². The van der Waals surface area contributed by atoms with Crippen molar-refractivity contribution in [2.75, 3.05) is 25.3 Å². The summed E-state index contributed by atoms with van der Waals surface area (Å²) in [5.74, 6) is 2.02. The number of carbonyl (C=O) groups excluding carboxylic acids is 1. The zero-order valence-corrected chi connectivity index (χ0v) is 23.6. The van der Waals surface area contributed by atoms with E-state index in [1.165, 1.54) is 23.1 Å². The summed E-state index contributed by atoms with van der Waals surface area (Å²) in [7, 11) is 3.29. The fourth-order valence-corrected chi connectivity index (χ4v) is 5.52. The number of amides is 1. The van der Waals surface area contributed by atoms with Gasteiger partial charge in [-0.15, -0.1) is 11.3 Å². The fraction of sp³-hybridized carbons (Fsp3) is 0.138. The van der Waals surface area contributed by atoms with Gasteiger partial charge in [-0.25, -0.2) is 9.97 Å². The van der Waals surface area contributed by atoms with Gasteiger partial charge in [0, 0.05) is 39.3 Å². The Morgan fingerprint density at radius 1 is 0.897 bits per heavy atom. The fourth-order valence-electron chi connectivity index (χ4n) is 3.85. The lowest BCUT2D eigenvalue weighted by Crippen LogP contribution is -2.12. The van der Waals surface area contributed by atoms with Gasteiger partial charge in [-0.3, -0.25) is 4.79 Å². The summed E-state index contributed by atoms with van der Waals surface area (Å²) in [6, 6.07) is 23.1. The van der Waals surface area contributed by atoms with Crippen LogP contribution in [-0.4, -0.2) is 40.8 Å². The van der Waals surface area contributed by atoms with Gasteiger partial charge in [0.15, 0.2) is 10.3 Å². The molecule has 0 spiro atoms. The monoisotopic (exact) mass is 576 g/mol. The van der Waals surface area contributed by atoms with Crippen LogP contribution in [-0.2, 0) is 4.79 Å². The number of ether oxygens (including phenoxy) is 2. The van der Waals surface area contributed by atoms with Gasteiger partial charge in [0.2, 0.25) is 5.91 Å². The van der Waals surface area contributed by atoms with Gasteiger partial charge in [0.1, 0.15) is 11.5 Å². The SMILES string of the molecule is COc1ccc(-c2nc(SCCC(=O)Nc3nc(-c4ccc(Cl)cc4)cs3)[nH]c2-c2ccc(OC)cc2)cc1. The zero-order valence-electron chi connectivity index (χ0n) is 21.2. The van der Waals surface area contributed by atoms with Crippen molar-refractivity contribution >= 4 is 45.7 Å². The van der Waals surface area contributed by atoms with E-state index in [4.69, 9.17) is 26.1 Å². The summed E-state index contributed by atoms with van der Waals surface area (Å²) in [5, 5.41) is 6.78. The minimum absolute atomic E-state index is 0.100. The Kier molecular flexibility index (Phi) is 8.51. The van der Waals surface area contributed by atoms with Gasteiger partial charge < -0.3 is 19.8 Å². The molecule has 0 atom stereocenters. The molecule has 5 rings (SSSR count). The molecule has 198 valence electrons. The first-order valence-electron chi connectivity index (χ1n) is 12.1. The lowest BCUT2D eigenvalue weighted by Gasteiger charge is -2.06. The number of methoxy groups -OCH3 is 2. The maximum absolute atomic E-state index is 12.6. The summed E-state index contributed by atoms with van der Waals surface area (Å²) in [5.41, 5.74) is 5.42. The number of hydrogen-bond donors (Lipinski definition) is 2. The molecule has 3 aromatic carbocycles. The molecule has 2 N–H and O–H groups in total. The number of nitrogens with one attached hydrogen (secondary N) is 2. The quantitative estimate of drug-likeness (QED) is 0.166. The molecular weight excluding hydrogens is 552 g/mol. The molecule has 2 heterocycles. The number of benzene rings is 3. The minimum Gasteiger partial charge on any atom is -0.497 e. The molecule has 0 bridgehead atoms. The molecule has 0 aliphatic rings. The van der Waals surface area contributed by atoms with E-state index < -0.39 is 0 Å². The van der Waals surface area contributed by atoms with Crippen molar-refractivity contribution in [2.24, 2.45) is 0 Å².